The summed E-state index contributed by atoms with van der Waals surface area (Å²) < 4.78 is 27.2. The summed E-state index contributed by atoms with van der Waals surface area (Å²) in [6.07, 6.45) is 0. The second-order valence-corrected chi connectivity index (χ2v) is 5.72. The number of carbonyl (C=O) groups excluding carboxylic acids is 1. The molecule has 2 N–H and O–H groups in total. The van der Waals surface area contributed by atoms with E-state index in [1.165, 1.54) is 0 Å². The zero-order valence-electron chi connectivity index (χ0n) is 9.87. The topological polar surface area (TPSA) is 75.3 Å². The zero-order valence-corrected chi connectivity index (χ0v) is 10.7. The Kier molecular flexibility index (Phi) is 5.23. The average Bonchev–Trinajstić information content (AvgIpc) is 2.01. The van der Waals surface area contributed by atoms with Crippen LogP contribution in [0.25, 0.3) is 0 Å². The maximum absolute atomic E-state index is 11.4. The molecule has 0 aliphatic rings. The van der Waals surface area contributed by atoms with Crippen molar-refractivity contribution in [2.75, 3.05) is 0 Å². The van der Waals surface area contributed by atoms with Gasteiger partial charge in [0.2, 0.25) is 5.91 Å². The molecule has 0 heterocycles. The number of amides is 1. The molecule has 0 radical (unpaired) electrons. The Hall–Kier alpha value is -0.620. The Morgan fingerprint density at radius 2 is 1.53 bits per heavy atom. The van der Waals surface area contributed by atoms with Gasteiger partial charge >= 0.3 is 10.2 Å². The molecule has 0 bridgehead atoms. The fraction of sp³-hybridized carbons (Fsp3) is 0.889. The third-order valence-electron chi connectivity index (χ3n) is 2.10. The van der Waals surface area contributed by atoms with Crippen LogP contribution in [-0.2, 0) is 15.0 Å². The SMILES string of the molecule is CC(C)C(=O)NS(=O)(=O)N[C@@H](C)C(C)C. The van der Waals surface area contributed by atoms with Gasteiger partial charge in [-0.1, -0.05) is 27.7 Å². The number of rotatable bonds is 5. The van der Waals surface area contributed by atoms with Crippen molar-refractivity contribution in [1.82, 2.24) is 9.44 Å². The lowest BCUT2D eigenvalue weighted by Gasteiger charge is -2.18. The molecule has 0 saturated carbocycles. The molecule has 0 aromatic heterocycles. The Labute approximate surface area is 91.8 Å². The van der Waals surface area contributed by atoms with Crippen molar-refractivity contribution in [2.45, 2.75) is 40.7 Å². The van der Waals surface area contributed by atoms with Gasteiger partial charge in [0.05, 0.1) is 0 Å². The molecular weight excluding hydrogens is 216 g/mol. The van der Waals surface area contributed by atoms with Gasteiger partial charge in [-0.2, -0.15) is 13.1 Å². The molecule has 5 nitrogen and oxygen atoms in total. The molecule has 90 valence electrons. The molecule has 0 aliphatic carbocycles. The van der Waals surface area contributed by atoms with E-state index in [1.54, 1.807) is 20.8 Å². The van der Waals surface area contributed by atoms with Crippen LogP contribution in [0.1, 0.15) is 34.6 Å². The summed E-state index contributed by atoms with van der Waals surface area (Å²) in [5, 5.41) is 0. The van der Waals surface area contributed by atoms with Gasteiger partial charge in [0, 0.05) is 12.0 Å². The highest BCUT2D eigenvalue weighted by atomic mass is 32.2. The monoisotopic (exact) mass is 236 g/mol. The molecule has 0 aromatic rings. The van der Waals surface area contributed by atoms with Crippen molar-refractivity contribution >= 4 is 16.1 Å². The molecule has 15 heavy (non-hydrogen) atoms. The summed E-state index contributed by atoms with van der Waals surface area (Å²) in [6.45, 7) is 8.83. The summed E-state index contributed by atoms with van der Waals surface area (Å²) in [5.74, 6) is -0.676. The summed E-state index contributed by atoms with van der Waals surface area (Å²) in [5.41, 5.74) is 0. The molecule has 0 spiro atoms. The highest BCUT2D eigenvalue weighted by molar-refractivity contribution is 7.88. The van der Waals surface area contributed by atoms with Crippen LogP contribution >= 0.6 is 0 Å². The second-order valence-electron chi connectivity index (χ2n) is 4.27. The second kappa shape index (κ2) is 5.46. The van der Waals surface area contributed by atoms with Gasteiger partial charge in [-0.3, -0.25) is 4.79 Å². The third kappa shape index (κ3) is 5.74. The third-order valence-corrected chi connectivity index (χ3v) is 3.25. The highest BCUT2D eigenvalue weighted by Gasteiger charge is 2.20. The van der Waals surface area contributed by atoms with E-state index in [2.05, 4.69) is 4.72 Å². The first-order valence-corrected chi connectivity index (χ1v) is 6.48. The van der Waals surface area contributed by atoms with Crippen LogP contribution in [0.15, 0.2) is 0 Å². The van der Waals surface area contributed by atoms with Crippen molar-refractivity contribution in [1.29, 1.82) is 0 Å². The Morgan fingerprint density at radius 3 is 1.87 bits per heavy atom. The molecule has 6 heteroatoms. The zero-order chi connectivity index (χ0) is 12.2. The van der Waals surface area contributed by atoms with E-state index in [0.717, 1.165) is 0 Å². The van der Waals surface area contributed by atoms with Crippen LogP contribution in [0.2, 0.25) is 0 Å². The molecule has 0 fully saturated rings. The first-order chi connectivity index (χ1) is 6.65. The lowest BCUT2D eigenvalue weighted by Crippen LogP contribution is -2.46. The van der Waals surface area contributed by atoms with Crippen molar-refractivity contribution in [2.24, 2.45) is 11.8 Å². The molecule has 1 amide bonds. The van der Waals surface area contributed by atoms with Crippen LogP contribution < -0.4 is 9.44 Å². The van der Waals surface area contributed by atoms with Gasteiger partial charge in [0.25, 0.3) is 0 Å². The minimum Gasteiger partial charge on any atom is -0.274 e. The summed E-state index contributed by atoms with van der Waals surface area (Å²) in [4.78, 5) is 11.2. The maximum atomic E-state index is 11.4. The standard InChI is InChI=1S/C9H20N2O3S/c1-6(2)8(5)10-15(13,14)11-9(12)7(3)4/h6-8,10H,1-5H3,(H,11,12)/t8-/m0/s1. The molecule has 0 saturated heterocycles. The van der Waals surface area contributed by atoms with Crippen molar-refractivity contribution in [3.05, 3.63) is 0 Å². The van der Waals surface area contributed by atoms with Crippen LogP contribution in [0.3, 0.4) is 0 Å². The lowest BCUT2D eigenvalue weighted by molar-refractivity contribution is -0.122. The lowest BCUT2D eigenvalue weighted by atomic mass is 10.1. The predicted octanol–water partition coefficient (Wildman–Crippen LogP) is 0.637. The van der Waals surface area contributed by atoms with Crippen molar-refractivity contribution in [3.8, 4) is 0 Å². The summed E-state index contributed by atoms with van der Waals surface area (Å²) in [6, 6.07) is -0.206. The van der Waals surface area contributed by atoms with Gasteiger partial charge in [-0.05, 0) is 12.8 Å². The molecule has 1 atom stereocenters. The van der Waals surface area contributed by atoms with Gasteiger partial charge in [-0.25, -0.2) is 4.72 Å². The predicted molar refractivity (Wildman–Crippen MR) is 59.3 cm³/mol. The van der Waals surface area contributed by atoms with E-state index in [9.17, 15) is 13.2 Å². The van der Waals surface area contributed by atoms with E-state index in [4.69, 9.17) is 0 Å². The van der Waals surface area contributed by atoms with Gasteiger partial charge < -0.3 is 0 Å². The van der Waals surface area contributed by atoms with Crippen LogP contribution in [-0.4, -0.2) is 20.4 Å². The van der Waals surface area contributed by atoms with Gasteiger partial charge in [0.1, 0.15) is 0 Å². The van der Waals surface area contributed by atoms with E-state index < -0.39 is 16.1 Å². The van der Waals surface area contributed by atoms with Gasteiger partial charge in [0.15, 0.2) is 0 Å². The Morgan fingerprint density at radius 1 is 1.07 bits per heavy atom. The largest absolute Gasteiger partial charge is 0.301 e. The number of carbonyl (C=O) groups is 1. The van der Waals surface area contributed by atoms with E-state index in [-0.39, 0.29) is 17.9 Å². The van der Waals surface area contributed by atoms with Crippen LogP contribution in [0.5, 0.6) is 0 Å². The van der Waals surface area contributed by atoms with E-state index in [1.807, 2.05) is 18.6 Å². The minimum absolute atomic E-state index is 0.177. The molecule has 0 rings (SSSR count). The van der Waals surface area contributed by atoms with E-state index in [0.29, 0.717) is 0 Å². The first kappa shape index (κ1) is 14.4. The maximum Gasteiger partial charge on any atom is 0.301 e. The Bertz CT molecular complexity index is 309. The summed E-state index contributed by atoms with van der Waals surface area (Å²) in [7, 11) is -3.72. The normalized spacial score (nSPS) is 14.3. The minimum atomic E-state index is -3.72. The number of nitrogens with one attached hydrogen (secondary N) is 2. The van der Waals surface area contributed by atoms with Crippen molar-refractivity contribution in [3.63, 3.8) is 0 Å². The molecule has 0 aromatic carbocycles. The van der Waals surface area contributed by atoms with Gasteiger partial charge in [-0.15, -0.1) is 0 Å². The Balaban J connectivity index is 4.39. The molecular formula is C9H20N2O3S. The fourth-order valence-corrected chi connectivity index (χ4v) is 1.98. The van der Waals surface area contributed by atoms with Crippen LogP contribution in [0, 0.1) is 11.8 Å². The smallest absolute Gasteiger partial charge is 0.274 e. The number of hydrogen-bond acceptors (Lipinski definition) is 3. The fourth-order valence-electron chi connectivity index (χ4n) is 0.661. The first-order valence-electron chi connectivity index (χ1n) is 4.99. The summed E-state index contributed by atoms with van der Waals surface area (Å²) >= 11 is 0. The quantitative estimate of drug-likeness (QED) is 0.735. The molecule has 0 aliphatic heterocycles. The number of hydrogen-bond donors (Lipinski definition) is 2. The highest BCUT2D eigenvalue weighted by Crippen LogP contribution is 2.01. The van der Waals surface area contributed by atoms with Crippen molar-refractivity contribution < 1.29 is 13.2 Å². The molecule has 0 unspecified atom stereocenters. The van der Waals surface area contributed by atoms with E-state index >= 15 is 0 Å². The van der Waals surface area contributed by atoms with Crippen LogP contribution in [0.4, 0.5) is 0 Å². The average molecular weight is 236 g/mol.